The maximum atomic E-state index is 11.7. The molecule has 94 valence electrons. The second-order valence-electron chi connectivity index (χ2n) is 3.68. The van der Waals surface area contributed by atoms with Crippen LogP contribution < -0.4 is 5.32 Å². The van der Waals surface area contributed by atoms with E-state index >= 15 is 0 Å². The maximum absolute atomic E-state index is 11.7. The number of carboxylic acids is 1. The average Bonchev–Trinajstić information content (AvgIpc) is 2.77. The van der Waals surface area contributed by atoms with E-state index in [0.717, 1.165) is 0 Å². The normalized spacial score (nSPS) is 11.9. The van der Waals surface area contributed by atoms with Crippen LogP contribution >= 0.6 is 0 Å². The van der Waals surface area contributed by atoms with Crippen LogP contribution in [0.5, 0.6) is 0 Å². The van der Waals surface area contributed by atoms with Gasteiger partial charge >= 0.3 is 12.0 Å². The number of nitrogens with zero attached hydrogens (tertiary/aromatic N) is 1. The third-order valence-electron chi connectivity index (χ3n) is 2.32. The quantitative estimate of drug-likeness (QED) is 0.812. The second kappa shape index (κ2) is 5.93. The zero-order chi connectivity index (χ0) is 12.8. The van der Waals surface area contributed by atoms with Crippen molar-refractivity contribution in [2.45, 2.75) is 25.9 Å². The molecule has 0 spiro atoms. The summed E-state index contributed by atoms with van der Waals surface area (Å²) in [7, 11) is 1.58. The highest BCUT2D eigenvalue weighted by molar-refractivity contribution is 5.82. The Hall–Kier alpha value is -1.98. The van der Waals surface area contributed by atoms with Gasteiger partial charge in [-0.3, -0.25) is 0 Å². The molecule has 6 nitrogen and oxygen atoms in total. The summed E-state index contributed by atoms with van der Waals surface area (Å²) in [6.45, 7) is 2.00. The van der Waals surface area contributed by atoms with E-state index in [4.69, 9.17) is 9.52 Å². The number of nitrogens with one attached hydrogen (secondary N) is 1. The van der Waals surface area contributed by atoms with Gasteiger partial charge in [0, 0.05) is 7.05 Å². The van der Waals surface area contributed by atoms with Gasteiger partial charge < -0.3 is 19.7 Å². The maximum Gasteiger partial charge on any atom is 0.326 e. The van der Waals surface area contributed by atoms with E-state index in [1.807, 2.05) is 0 Å². The number of carbonyl (C=O) groups is 2. The fourth-order valence-electron chi connectivity index (χ4n) is 1.31. The summed E-state index contributed by atoms with van der Waals surface area (Å²) < 4.78 is 5.10. The first-order valence-corrected chi connectivity index (χ1v) is 5.31. The molecule has 2 N–H and O–H groups in total. The van der Waals surface area contributed by atoms with E-state index in [1.165, 1.54) is 11.2 Å². The third-order valence-corrected chi connectivity index (χ3v) is 2.32. The van der Waals surface area contributed by atoms with E-state index in [-0.39, 0.29) is 0 Å². The molecule has 0 fully saturated rings. The highest BCUT2D eigenvalue weighted by atomic mass is 16.4. The van der Waals surface area contributed by atoms with Crippen LogP contribution in [0.3, 0.4) is 0 Å². The summed E-state index contributed by atoms with van der Waals surface area (Å²) in [5.74, 6) is -0.390. The molecular weight excluding hydrogens is 224 g/mol. The smallest absolute Gasteiger partial charge is 0.326 e. The zero-order valence-electron chi connectivity index (χ0n) is 9.84. The van der Waals surface area contributed by atoms with Crippen molar-refractivity contribution in [2.24, 2.45) is 0 Å². The Morgan fingerprint density at radius 1 is 1.59 bits per heavy atom. The lowest BCUT2D eigenvalue weighted by Crippen LogP contribution is -2.46. The second-order valence-corrected chi connectivity index (χ2v) is 3.68. The lowest BCUT2D eigenvalue weighted by molar-refractivity contribution is -0.139. The minimum atomic E-state index is -1.03. The summed E-state index contributed by atoms with van der Waals surface area (Å²) >= 11 is 0. The molecule has 0 aliphatic rings. The SMILES string of the molecule is CC[C@@H](NC(=O)N(C)Cc1ccco1)C(=O)O. The number of hydrogen-bond acceptors (Lipinski definition) is 3. The van der Waals surface area contributed by atoms with Gasteiger partial charge in [-0.25, -0.2) is 9.59 Å². The van der Waals surface area contributed by atoms with E-state index in [2.05, 4.69) is 5.32 Å². The summed E-state index contributed by atoms with van der Waals surface area (Å²) in [4.78, 5) is 23.8. The van der Waals surface area contributed by atoms with Crippen molar-refractivity contribution in [3.8, 4) is 0 Å². The van der Waals surface area contributed by atoms with Gasteiger partial charge in [0.05, 0.1) is 12.8 Å². The molecule has 0 saturated carbocycles. The Morgan fingerprint density at radius 2 is 2.29 bits per heavy atom. The standard InChI is InChI=1S/C11H16N2O4/c1-3-9(10(14)15)12-11(16)13(2)7-8-5-4-6-17-8/h4-6,9H,3,7H2,1-2H3,(H,12,16)(H,14,15)/t9-/m1/s1. The summed E-state index contributed by atoms with van der Waals surface area (Å²) in [5, 5.41) is 11.2. The molecule has 0 aromatic carbocycles. The third kappa shape index (κ3) is 3.82. The minimum absolute atomic E-state index is 0.300. The Balaban J connectivity index is 2.49. The van der Waals surface area contributed by atoms with Crippen LogP contribution in [0.4, 0.5) is 4.79 Å². The Bertz CT molecular complexity index is 375. The largest absolute Gasteiger partial charge is 0.480 e. The lowest BCUT2D eigenvalue weighted by atomic mass is 10.2. The van der Waals surface area contributed by atoms with Crippen molar-refractivity contribution in [1.82, 2.24) is 10.2 Å². The van der Waals surface area contributed by atoms with Gasteiger partial charge in [0.15, 0.2) is 0 Å². The molecule has 0 aliphatic heterocycles. The molecule has 0 bridgehead atoms. The highest BCUT2D eigenvalue weighted by Crippen LogP contribution is 2.04. The van der Waals surface area contributed by atoms with Gasteiger partial charge in [0.25, 0.3) is 0 Å². The summed E-state index contributed by atoms with van der Waals surface area (Å²) in [6.07, 6.45) is 1.86. The van der Waals surface area contributed by atoms with Gasteiger partial charge in [-0.15, -0.1) is 0 Å². The van der Waals surface area contributed by atoms with Gasteiger partial charge in [0.2, 0.25) is 0 Å². The van der Waals surface area contributed by atoms with Crippen molar-refractivity contribution in [3.63, 3.8) is 0 Å². The minimum Gasteiger partial charge on any atom is -0.480 e. The molecule has 0 saturated heterocycles. The summed E-state index contributed by atoms with van der Waals surface area (Å²) in [5.41, 5.74) is 0. The number of carboxylic acid groups (broad SMARTS) is 1. The monoisotopic (exact) mass is 240 g/mol. The molecule has 1 heterocycles. The van der Waals surface area contributed by atoms with Gasteiger partial charge in [-0.05, 0) is 18.6 Å². The first kappa shape index (κ1) is 13.1. The summed E-state index contributed by atoms with van der Waals surface area (Å²) in [6, 6.07) is 2.18. The number of furan rings is 1. The van der Waals surface area contributed by atoms with Gasteiger partial charge in [-0.1, -0.05) is 6.92 Å². The van der Waals surface area contributed by atoms with Crippen LogP contribution in [0, 0.1) is 0 Å². The van der Waals surface area contributed by atoms with Crippen LogP contribution in [-0.2, 0) is 11.3 Å². The first-order chi connectivity index (χ1) is 8.04. The Labute approximate surface area is 99.2 Å². The molecule has 17 heavy (non-hydrogen) atoms. The number of urea groups is 1. The number of aliphatic carboxylic acids is 1. The number of amides is 2. The van der Waals surface area contributed by atoms with Gasteiger partial charge in [0.1, 0.15) is 11.8 Å². The fraction of sp³-hybridized carbons (Fsp3) is 0.455. The predicted octanol–water partition coefficient (Wildman–Crippen LogP) is 1.28. The van der Waals surface area contributed by atoms with E-state index in [0.29, 0.717) is 18.7 Å². The van der Waals surface area contributed by atoms with E-state index in [1.54, 1.807) is 26.1 Å². The van der Waals surface area contributed by atoms with Crippen molar-refractivity contribution in [3.05, 3.63) is 24.2 Å². The van der Waals surface area contributed by atoms with Crippen molar-refractivity contribution in [2.75, 3.05) is 7.05 Å². The molecule has 2 amide bonds. The molecule has 1 rings (SSSR count). The molecular formula is C11H16N2O4. The molecule has 0 aliphatic carbocycles. The topological polar surface area (TPSA) is 82.8 Å². The first-order valence-electron chi connectivity index (χ1n) is 5.31. The van der Waals surface area contributed by atoms with Crippen molar-refractivity contribution >= 4 is 12.0 Å². The molecule has 1 atom stereocenters. The average molecular weight is 240 g/mol. The lowest BCUT2D eigenvalue weighted by Gasteiger charge is -2.19. The molecule has 6 heteroatoms. The molecule has 1 aromatic heterocycles. The zero-order valence-corrected chi connectivity index (χ0v) is 9.84. The fourth-order valence-corrected chi connectivity index (χ4v) is 1.31. The van der Waals surface area contributed by atoms with Crippen LogP contribution in [-0.4, -0.2) is 35.1 Å². The van der Waals surface area contributed by atoms with Crippen LogP contribution in [0.25, 0.3) is 0 Å². The van der Waals surface area contributed by atoms with E-state index < -0.39 is 18.0 Å². The number of rotatable bonds is 5. The van der Waals surface area contributed by atoms with Crippen molar-refractivity contribution < 1.29 is 19.1 Å². The number of carbonyl (C=O) groups excluding carboxylic acids is 1. The Kier molecular flexibility index (Phi) is 4.56. The van der Waals surface area contributed by atoms with Gasteiger partial charge in [-0.2, -0.15) is 0 Å². The Morgan fingerprint density at radius 3 is 2.76 bits per heavy atom. The number of hydrogen-bond donors (Lipinski definition) is 2. The van der Waals surface area contributed by atoms with Crippen LogP contribution in [0.1, 0.15) is 19.1 Å². The van der Waals surface area contributed by atoms with Crippen molar-refractivity contribution in [1.29, 1.82) is 0 Å². The van der Waals surface area contributed by atoms with Crippen LogP contribution in [0.15, 0.2) is 22.8 Å². The van der Waals surface area contributed by atoms with Crippen LogP contribution in [0.2, 0.25) is 0 Å². The molecule has 0 unspecified atom stereocenters. The van der Waals surface area contributed by atoms with E-state index in [9.17, 15) is 9.59 Å². The molecule has 0 radical (unpaired) electrons. The molecule has 1 aromatic rings. The highest BCUT2D eigenvalue weighted by Gasteiger charge is 2.19. The predicted molar refractivity (Wildman–Crippen MR) is 60.4 cm³/mol.